The van der Waals surface area contributed by atoms with Crippen LogP contribution in [-0.4, -0.2) is 19.0 Å². The summed E-state index contributed by atoms with van der Waals surface area (Å²) in [5, 5.41) is 0. The summed E-state index contributed by atoms with van der Waals surface area (Å²) < 4.78 is 10.8. The highest BCUT2D eigenvalue weighted by molar-refractivity contribution is 5.97. The minimum Gasteiger partial charge on any atom is -0.494 e. The first-order valence-corrected chi connectivity index (χ1v) is 6.67. The van der Waals surface area contributed by atoms with Gasteiger partial charge in [-0.3, -0.25) is 4.79 Å². The summed E-state index contributed by atoms with van der Waals surface area (Å²) in [5.41, 5.74) is 1.67. The Morgan fingerprint density at radius 3 is 2.60 bits per heavy atom. The van der Waals surface area contributed by atoms with Gasteiger partial charge < -0.3 is 9.47 Å². The van der Waals surface area contributed by atoms with Crippen LogP contribution in [0.2, 0.25) is 0 Å². The van der Waals surface area contributed by atoms with Crippen LogP contribution in [0, 0.1) is 0 Å². The van der Waals surface area contributed by atoms with E-state index in [0.717, 1.165) is 5.56 Å². The van der Waals surface area contributed by atoms with E-state index in [0.29, 0.717) is 24.5 Å². The van der Waals surface area contributed by atoms with E-state index in [-0.39, 0.29) is 12.4 Å². The first-order valence-electron chi connectivity index (χ1n) is 6.67. The molecule has 0 saturated carbocycles. The molecule has 0 aromatic heterocycles. The Morgan fingerprint density at radius 2 is 1.85 bits per heavy atom. The summed E-state index contributed by atoms with van der Waals surface area (Å²) >= 11 is 0. The third kappa shape index (κ3) is 4.21. The van der Waals surface area contributed by atoms with Crippen molar-refractivity contribution in [1.82, 2.24) is 0 Å². The number of ether oxygens (including phenoxy) is 2. The fourth-order valence-electron chi connectivity index (χ4n) is 1.85. The van der Waals surface area contributed by atoms with Crippen LogP contribution >= 0.6 is 0 Å². The summed E-state index contributed by atoms with van der Waals surface area (Å²) in [4.78, 5) is 12.0. The Hall–Kier alpha value is -2.13. The first kappa shape index (κ1) is 14.3. The molecule has 0 aliphatic carbocycles. The molecule has 0 spiro atoms. The maximum atomic E-state index is 12.0. The second kappa shape index (κ2) is 7.46. The van der Waals surface area contributed by atoms with Gasteiger partial charge in [-0.25, -0.2) is 0 Å². The van der Waals surface area contributed by atoms with Crippen LogP contribution in [0.4, 0.5) is 0 Å². The van der Waals surface area contributed by atoms with Gasteiger partial charge in [0.2, 0.25) is 0 Å². The van der Waals surface area contributed by atoms with Crippen molar-refractivity contribution in [3.8, 4) is 5.75 Å². The number of benzene rings is 2. The van der Waals surface area contributed by atoms with Gasteiger partial charge in [0.05, 0.1) is 13.2 Å². The number of carbonyl (C=O) groups is 1. The van der Waals surface area contributed by atoms with Crippen molar-refractivity contribution < 1.29 is 14.3 Å². The lowest BCUT2D eigenvalue weighted by Crippen LogP contribution is -2.09. The van der Waals surface area contributed by atoms with Crippen molar-refractivity contribution in [2.24, 2.45) is 0 Å². The fraction of sp³-hybridized carbons (Fsp3) is 0.235. The van der Waals surface area contributed by atoms with Gasteiger partial charge in [0.25, 0.3) is 0 Å². The van der Waals surface area contributed by atoms with Gasteiger partial charge in [-0.2, -0.15) is 0 Å². The maximum Gasteiger partial charge on any atom is 0.188 e. The predicted molar refractivity (Wildman–Crippen MR) is 78.0 cm³/mol. The summed E-state index contributed by atoms with van der Waals surface area (Å²) in [5.74, 6) is 0.670. The smallest absolute Gasteiger partial charge is 0.188 e. The molecule has 0 bridgehead atoms. The highest BCUT2D eigenvalue weighted by Gasteiger charge is 2.07. The first-order chi connectivity index (χ1) is 9.79. The number of rotatable bonds is 7. The molecule has 0 amide bonds. The summed E-state index contributed by atoms with van der Waals surface area (Å²) in [6, 6.07) is 17.0. The molecule has 0 radical (unpaired) electrons. The van der Waals surface area contributed by atoms with Crippen molar-refractivity contribution in [1.29, 1.82) is 0 Å². The van der Waals surface area contributed by atoms with Crippen LogP contribution in [0.15, 0.2) is 54.6 Å². The van der Waals surface area contributed by atoms with Gasteiger partial charge in [0.1, 0.15) is 12.4 Å². The second-order valence-corrected chi connectivity index (χ2v) is 4.36. The Balaban J connectivity index is 1.87. The van der Waals surface area contributed by atoms with Gasteiger partial charge in [-0.15, -0.1) is 0 Å². The molecule has 2 rings (SSSR count). The highest BCUT2D eigenvalue weighted by atomic mass is 16.5. The molecule has 104 valence electrons. The Labute approximate surface area is 119 Å². The zero-order valence-corrected chi connectivity index (χ0v) is 11.5. The number of ketones is 1. The Bertz CT molecular complexity index is 549. The standard InChI is InChI=1S/C17H18O3/c1-2-20-16-10-6-9-15(11-16)17(18)13-19-12-14-7-4-3-5-8-14/h3-11H,2,12-13H2,1H3. The molecule has 0 aliphatic rings. The van der Waals surface area contributed by atoms with Gasteiger partial charge in [0.15, 0.2) is 5.78 Å². The number of Topliss-reactive ketones (excluding diaryl/α,β-unsaturated/α-hetero) is 1. The van der Waals surface area contributed by atoms with Crippen molar-refractivity contribution in [3.05, 3.63) is 65.7 Å². The molecular formula is C17H18O3. The lowest BCUT2D eigenvalue weighted by Gasteiger charge is -2.06. The van der Waals surface area contributed by atoms with Crippen LogP contribution < -0.4 is 4.74 Å². The zero-order chi connectivity index (χ0) is 14.2. The molecule has 3 heteroatoms. The number of carbonyl (C=O) groups excluding carboxylic acids is 1. The molecule has 0 aliphatic heterocycles. The minimum atomic E-state index is -0.0394. The Kier molecular flexibility index (Phi) is 5.33. The molecule has 0 N–H and O–H groups in total. The molecule has 0 heterocycles. The van der Waals surface area contributed by atoms with E-state index < -0.39 is 0 Å². The number of hydrogen-bond donors (Lipinski definition) is 0. The van der Waals surface area contributed by atoms with Gasteiger partial charge >= 0.3 is 0 Å². The molecule has 0 atom stereocenters. The van der Waals surface area contributed by atoms with Crippen LogP contribution in [-0.2, 0) is 11.3 Å². The molecular weight excluding hydrogens is 252 g/mol. The average Bonchev–Trinajstić information content (AvgIpc) is 2.49. The summed E-state index contributed by atoms with van der Waals surface area (Å²) in [7, 11) is 0. The quantitative estimate of drug-likeness (QED) is 0.722. The lowest BCUT2D eigenvalue weighted by molar-refractivity contribution is 0.0726. The lowest BCUT2D eigenvalue weighted by atomic mass is 10.1. The van der Waals surface area contributed by atoms with Gasteiger partial charge in [-0.1, -0.05) is 42.5 Å². The van der Waals surface area contributed by atoms with Crippen molar-refractivity contribution in [3.63, 3.8) is 0 Å². The SMILES string of the molecule is CCOc1cccc(C(=O)COCc2ccccc2)c1. The van der Waals surface area contributed by atoms with E-state index >= 15 is 0 Å². The van der Waals surface area contributed by atoms with Crippen LogP contribution in [0.25, 0.3) is 0 Å². The van der Waals surface area contributed by atoms with Gasteiger partial charge in [-0.05, 0) is 24.6 Å². The van der Waals surface area contributed by atoms with E-state index in [9.17, 15) is 4.79 Å². The minimum absolute atomic E-state index is 0.0394. The average molecular weight is 270 g/mol. The molecule has 2 aromatic rings. The summed E-state index contributed by atoms with van der Waals surface area (Å²) in [6.45, 7) is 3.02. The molecule has 2 aromatic carbocycles. The zero-order valence-electron chi connectivity index (χ0n) is 11.5. The topological polar surface area (TPSA) is 35.5 Å². The largest absolute Gasteiger partial charge is 0.494 e. The van der Waals surface area contributed by atoms with Crippen molar-refractivity contribution in [2.75, 3.05) is 13.2 Å². The van der Waals surface area contributed by atoms with E-state index in [1.807, 2.05) is 49.4 Å². The van der Waals surface area contributed by atoms with E-state index in [2.05, 4.69) is 0 Å². The van der Waals surface area contributed by atoms with Crippen molar-refractivity contribution >= 4 is 5.78 Å². The van der Waals surface area contributed by atoms with Crippen LogP contribution in [0.1, 0.15) is 22.8 Å². The normalized spacial score (nSPS) is 10.2. The molecule has 0 fully saturated rings. The molecule has 3 nitrogen and oxygen atoms in total. The Morgan fingerprint density at radius 1 is 1.05 bits per heavy atom. The summed E-state index contributed by atoms with van der Waals surface area (Å²) in [6.07, 6.45) is 0. The van der Waals surface area contributed by atoms with E-state index in [1.165, 1.54) is 0 Å². The highest BCUT2D eigenvalue weighted by Crippen LogP contribution is 2.14. The predicted octanol–water partition coefficient (Wildman–Crippen LogP) is 3.48. The molecule has 0 saturated heterocycles. The van der Waals surface area contributed by atoms with Gasteiger partial charge in [0, 0.05) is 5.56 Å². The molecule has 20 heavy (non-hydrogen) atoms. The van der Waals surface area contributed by atoms with E-state index in [1.54, 1.807) is 12.1 Å². The van der Waals surface area contributed by atoms with Crippen LogP contribution in [0.3, 0.4) is 0 Å². The van der Waals surface area contributed by atoms with Crippen LogP contribution in [0.5, 0.6) is 5.75 Å². The van der Waals surface area contributed by atoms with Crippen molar-refractivity contribution in [2.45, 2.75) is 13.5 Å². The maximum absolute atomic E-state index is 12.0. The van der Waals surface area contributed by atoms with E-state index in [4.69, 9.17) is 9.47 Å². The number of hydrogen-bond acceptors (Lipinski definition) is 3. The third-order valence-corrected chi connectivity index (χ3v) is 2.81. The molecule has 0 unspecified atom stereocenters. The monoisotopic (exact) mass is 270 g/mol. The fourth-order valence-corrected chi connectivity index (χ4v) is 1.85. The third-order valence-electron chi connectivity index (χ3n) is 2.81. The second-order valence-electron chi connectivity index (χ2n) is 4.36.